The molecule has 0 saturated carbocycles. The van der Waals surface area contributed by atoms with Gasteiger partial charge in [-0.05, 0) is 28.8 Å². The molecular weight excluding hydrogens is 334 g/mol. The molecule has 0 aliphatic carbocycles. The molecule has 1 fully saturated rings. The van der Waals surface area contributed by atoms with Crippen LogP contribution in [0.25, 0.3) is 11.3 Å². The van der Waals surface area contributed by atoms with Crippen LogP contribution in [-0.2, 0) is 0 Å². The molecule has 1 aliphatic rings. The fourth-order valence-corrected chi connectivity index (χ4v) is 3.68. The lowest BCUT2D eigenvalue weighted by Gasteiger charge is -2.38. The van der Waals surface area contributed by atoms with Crippen molar-refractivity contribution >= 4 is 17.2 Å². The molecule has 0 spiro atoms. The number of likely N-dealkylation sites (tertiary alicyclic amines) is 1. The van der Waals surface area contributed by atoms with Crippen LogP contribution in [0.2, 0.25) is 0 Å². The third-order valence-electron chi connectivity index (χ3n) is 4.52. The number of carbonyl (C=O) groups is 1. The predicted octanol–water partition coefficient (Wildman–Crippen LogP) is 3.58. The van der Waals surface area contributed by atoms with Crippen molar-refractivity contribution in [3.05, 3.63) is 64.5 Å². The van der Waals surface area contributed by atoms with E-state index >= 15 is 0 Å². The van der Waals surface area contributed by atoms with Crippen LogP contribution in [-0.4, -0.2) is 35.6 Å². The lowest BCUT2D eigenvalue weighted by molar-refractivity contribution is 0.0877. The highest BCUT2D eigenvalue weighted by molar-refractivity contribution is 7.07. The van der Waals surface area contributed by atoms with Crippen molar-refractivity contribution in [2.75, 3.05) is 19.6 Å². The van der Waals surface area contributed by atoms with Gasteiger partial charge in [0.05, 0.1) is 6.04 Å². The number of nitrogens with one attached hydrogen (secondary N) is 1. The number of hydrogen-bond acceptors (Lipinski definition) is 5. The summed E-state index contributed by atoms with van der Waals surface area (Å²) in [5.41, 5.74) is 2.48. The van der Waals surface area contributed by atoms with Crippen LogP contribution in [0.3, 0.4) is 0 Å². The second-order valence-corrected chi connectivity index (χ2v) is 6.89. The van der Waals surface area contributed by atoms with E-state index < -0.39 is 0 Å². The second kappa shape index (κ2) is 7.21. The van der Waals surface area contributed by atoms with E-state index in [1.54, 1.807) is 17.4 Å². The summed E-state index contributed by atoms with van der Waals surface area (Å²) in [5.74, 6) is 0.398. The Hall–Kier alpha value is -2.44. The molecule has 1 aromatic carbocycles. The van der Waals surface area contributed by atoms with Gasteiger partial charge in [0.25, 0.3) is 5.91 Å². The average Bonchev–Trinajstić information content (AvgIpc) is 3.28. The Kier molecular flexibility index (Phi) is 4.63. The molecule has 0 bridgehead atoms. The lowest BCUT2D eigenvalue weighted by Crippen LogP contribution is -2.45. The van der Waals surface area contributed by atoms with Crippen LogP contribution in [0.1, 0.15) is 28.5 Å². The number of benzene rings is 1. The average molecular weight is 353 g/mol. The summed E-state index contributed by atoms with van der Waals surface area (Å²) in [5, 5.41) is 11.1. The van der Waals surface area contributed by atoms with Gasteiger partial charge in [-0.15, -0.1) is 0 Å². The summed E-state index contributed by atoms with van der Waals surface area (Å²) in [6.45, 7) is 2.74. The summed E-state index contributed by atoms with van der Waals surface area (Å²) in [6.07, 6.45) is 1.22. The van der Waals surface area contributed by atoms with Crippen molar-refractivity contribution < 1.29 is 9.32 Å². The molecule has 1 unspecified atom stereocenters. The third-order valence-corrected chi connectivity index (χ3v) is 5.22. The van der Waals surface area contributed by atoms with Crippen LogP contribution in [0.15, 0.2) is 57.7 Å². The van der Waals surface area contributed by atoms with Crippen molar-refractivity contribution in [2.45, 2.75) is 12.5 Å². The van der Waals surface area contributed by atoms with Crippen molar-refractivity contribution in [3.63, 3.8) is 0 Å². The minimum atomic E-state index is -0.202. The van der Waals surface area contributed by atoms with Gasteiger partial charge in [0.15, 0.2) is 11.5 Å². The number of hydrogen-bond donors (Lipinski definition) is 1. The summed E-state index contributed by atoms with van der Waals surface area (Å²) >= 11 is 1.68. The van der Waals surface area contributed by atoms with Crippen molar-refractivity contribution in [2.24, 2.45) is 0 Å². The molecule has 1 amide bonds. The molecule has 1 atom stereocenters. The summed E-state index contributed by atoms with van der Waals surface area (Å²) in [6, 6.07) is 13.7. The fourth-order valence-electron chi connectivity index (χ4n) is 2.98. The van der Waals surface area contributed by atoms with Gasteiger partial charge in [-0.2, -0.15) is 11.3 Å². The maximum Gasteiger partial charge on any atom is 0.273 e. The highest BCUT2D eigenvalue weighted by Crippen LogP contribution is 2.27. The van der Waals surface area contributed by atoms with Gasteiger partial charge in [0.1, 0.15) is 0 Å². The minimum Gasteiger partial charge on any atom is -0.355 e. The SMILES string of the molecule is O=C(NCC(c1ccsc1)N1CCC1)c1cc(-c2ccccc2)on1. The number of rotatable bonds is 6. The summed E-state index contributed by atoms with van der Waals surface area (Å²) in [4.78, 5) is 14.8. The molecule has 3 heterocycles. The zero-order valence-corrected chi connectivity index (χ0v) is 14.5. The minimum absolute atomic E-state index is 0.202. The van der Waals surface area contributed by atoms with E-state index in [4.69, 9.17) is 4.52 Å². The Morgan fingerprint density at radius 1 is 1.28 bits per heavy atom. The highest BCUT2D eigenvalue weighted by Gasteiger charge is 2.26. The molecule has 4 rings (SSSR count). The van der Waals surface area contributed by atoms with E-state index in [2.05, 4.69) is 32.2 Å². The Labute approximate surface area is 150 Å². The van der Waals surface area contributed by atoms with Crippen molar-refractivity contribution in [1.82, 2.24) is 15.4 Å². The zero-order valence-electron chi connectivity index (χ0n) is 13.7. The highest BCUT2D eigenvalue weighted by atomic mass is 32.1. The Balaban J connectivity index is 1.42. The standard InChI is InChI=1S/C19H19N3O2S/c23-19(16-11-18(24-21-16)14-5-2-1-3-6-14)20-12-17(22-8-4-9-22)15-7-10-25-13-15/h1-3,5-7,10-11,13,17H,4,8-9,12H2,(H,20,23). The molecule has 1 N–H and O–H groups in total. The smallest absolute Gasteiger partial charge is 0.273 e. The molecule has 2 aromatic heterocycles. The molecule has 6 heteroatoms. The Bertz CT molecular complexity index is 825. The van der Waals surface area contributed by atoms with Gasteiger partial charge in [0, 0.05) is 31.3 Å². The molecule has 128 valence electrons. The first kappa shape index (κ1) is 16.1. The van der Waals surface area contributed by atoms with Crippen LogP contribution in [0.4, 0.5) is 0 Å². The van der Waals surface area contributed by atoms with E-state index in [0.717, 1.165) is 18.7 Å². The third kappa shape index (κ3) is 3.50. The fraction of sp³-hybridized carbons (Fsp3) is 0.263. The lowest BCUT2D eigenvalue weighted by atomic mass is 10.0. The largest absolute Gasteiger partial charge is 0.355 e. The van der Waals surface area contributed by atoms with Crippen molar-refractivity contribution in [3.8, 4) is 11.3 Å². The van der Waals surface area contributed by atoms with Gasteiger partial charge < -0.3 is 9.84 Å². The quantitative estimate of drug-likeness (QED) is 0.736. The summed E-state index contributed by atoms with van der Waals surface area (Å²) < 4.78 is 5.31. The van der Waals surface area contributed by atoms with Gasteiger partial charge in [-0.3, -0.25) is 9.69 Å². The number of carbonyl (C=O) groups excluding carboxylic acids is 1. The second-order valence-electron chi connectivity index (χ2n) is 6.11. The molecule has 1 aliphatic heterocycles. The van der Waals surface area contributed by atoms with Crippen LogP contribution >= 0.6 is 11.3 Å². The Morgan fingerprint density at radius 3 is 2.80 bits per heavy atom. The molecule has 3 aromatic rings. The van der Waals surface area contributed by atoms with E-state index in [9.17, 15) is 4.79 Å². The molecule has 1 saturated heterocycles. The Morgan fingerprint density at radius 2 is 2.12 bits per heavy atom. The molecular formula is C19H19N3O2S. The first-order valence-electron chi connectivity index (χ1n) is 8.38. The first-order valence-corrected chi connectivity index (χ1v) is 9.32. The predicted molar refractivity (Wildman–Crippen MR) is 97.5 cm³/mol. The van der Waals surface area contributed by atoms with E-state index in [1.807, 2.05) is 30.3 Å². The van der Waals surface area contributed by atoms with Gasteiger partial charge in [-0.25, -0.2) is 0 Å². The molecule has 25 heavy (non-hydrogen) atoms. The van der Waals surface area contributed by atoms with Gasteiger partial charge in [-0.1, -0.05) is 35.5 Å². The number of thiophene rings is 1. The van der Waals surface area contributed by atoms with Crippen LogP contribution in [0, 0.1) is 0 Å². The van der Waals surface area contributed by atoms with E-state index in [-0.39, 0.29) is 11.9 Å². The van der Waals surface area contributed by atoms with Crippen LogP contribution < -0.4 is 5.32 Å². The molecule has 5 nitrogen and oxygen atoms in total. The van der Waals surface area contributed by atoms with Gasteiger partial charge in [0.2, 0.25) is 0 Å². The normalized spacial score (nSPS) is 15.5. The monoisotopic (exact) mass is 353 g/mol. The maximum absolute atomic E-state index is 12.4. The van der Waals surface area contributed by atoms with E-state index in [0.29, 0.717) is 18.0 Å². The number of aromatic nitrogens is 1. The van der Waals surface area contributed by atoms with Crippen LogP contribution in [0.5, 0.6) is 0 Å². The maximum atomic E-state index is 12.4. The number of nitrogens with zero attached hydrogens (tertiary/aromatic N) is 2. The van der Waals surface area contributed by atoms with E-state index in [1.165, 1.54) is 12.0 Å². The molecule has 0 radical (unpaired) electrons. The first-order chi connectivity index (χ1) is 12.3. The topological polar surface area (TPSA) is 58.4 Å². The van der Waals surface area contributed by atoms with Crippen molar-refractivity contribution in [1.29, 1.82) is 0 Å². The number of amides is 1. The summed E-state index contributed by atoms with van der Waals surface area (Å²) in [7, 11) is 0. The van der Waals surface area contributed by atoms with Gasteiger partial charge >= 0.3 is 0 Å². The zero-order chi connectivity index (χ0) is 17.1.